The highest BCUT2D eigenvalue weighted by molar-refractivity contribution is 9.10. The van der Waals surface area contributed by atoms with Crippen molar-refractivity contribution < 1.29 is 4.39 Å². The van der Waals surface area contributed by atoms with Gasteiger partial charge in [0.2, 0.25) is 0 Å². The first-order chi connectivity index (χ1) is 8.59. The number of aromatic amines is 1. The molecule has 0 radical (unpaired) electrons. The molecule has 1 aromatic heterocycles. The molecule has 0 saturated heterocycles. The van der Waals surface area contributed by atoms with E-state index in [4.69, 9.17) is 0 Å². The number of halogens is 2. The molecule has 1 unspecified atom stereocenters. The fourth-order valence-corrected chi connectivity index (χ4v) is 1.93. The summed E-state index contributed by atoms with van der Waals surface area (Å²) in [6.45, 7) is 1.81. The van der Waals surface area contributed by atoms with Gasteiger partial charge in [0.15, 0.2) is 0 Å². The predicted octanol–water partition coefficient (Wildman–Crippen LogP) is 2.84. The van der Waals surface area contributed by atoms with Crippen LogP contribution in [0.1, 0.15) is 18.5 Å². The molecule has 0 fully saturated rings. The van der Waals surface area contributed by atoms with Crippen molar-refractivity contribution in [2.75, 3.05) is 5.32 Å². The van der Waals surface area contributed by atoms with Gasteiger partial charge in [-0.2, -0.15) is 5.10 Å². The van der Waals surface area contributed by atoms with Crippen molar-refractivity contribution in [2.24, 2.45) is 0 Å². The van der Waals surface area contributed by atoms with Gasteiger partial charge >= 0.3 is 0 Å². The highest BCUT2D eigenvalue weighted by Crippen LogP contribution is 2.24. The molecule has 1 aromatic carbocycles. The number of aromatic nitrogens is 2. The Labute approximate surface area is 111 Å². The Balaban J connectivity index is 2.27. The first-order valence-electron chi connectivity index (χ1n) is 5.33. The third-order valence-electron chi connectivity index (χ3n) is 2.54. The number of nitrogens with zero attached hydrogens (tertiary/aromatic N) is 1. The average Bonchev–Trinajstić information content (AvgIpc) is 2.35. The summed E-state index contributed by atoms with van der Waals surface area (Å²) in [7, 11) is 0. The molecular formula is C12H11BrFN3O. The van der Waals surface area contributed by atoms with E-state index in [0.717, 1.165) is 0 Å². The van der Waals surface area contributed by atoms with E-state index in [0.29, 0.717) is 15.7 Å². The standard InChI is InChI=1S/C12H11BrFN3O/c1-7(8-4-2-3-5-9(8)14)16-10-6-15-17-12(18)11(10)13/h2-7H,1H3,(H2,16,17,18). The second-order valence-corrected chi connectivity index (χ2v) is 4.61. The van der Waals surface area contributed by atoms with Gasteiger partial charge in [-0.3, -0.25) is 4.79 Å². The molecule has 0 aliphatic heterocycles. The van der Waals surface area contributed by atoms with Crippen LogP contribution in [0.25, 0.3) is 0 Å². The van der Waals surface area contributed by atoms with Gasteiger partial charge in [-0.15, -0.1) is 0 Å². The lowest BCUT2D eigenvalue weighted by molar-refractivity contribution is 0.600. The van der Waals surface area contributed by atoms with Gasteiger partial charge in [-0.1, -0.05) is 18.2 Å². The van der Waals surface area contributed by atoms with E-state index < -0.39 is 0 Å². The van der Waals surface area contributed by atoms with Crippen molar-refractivity contribution >= 4 is 21.6 Å². The molecule has 6 heteroatoms. The lowest BCUT2D eigenvalue weighted by Gasteiger charge is -2.16. The molecule has 0 saturated carbocycles. The molecule has 0 aliphatic rings. The van der Waals surface area contributed by atoms with Crippen LogP contribution in [0.4, 0.5) is 10.1 Å². The Morgan fingerprint density at radius 2 is 2.17 bits per heavy atom. The van der Waals surface area contributed by atoms with E-state index in [2.05, 4.69) is 31.4 Å². The molecule has 18 heavy (non-hydrogen) atoms. The van der Waals surface area contributed by atoms with E-state index in [-0.39, 0.29) is 17.4 Å². The molecule has 94 valence electrons. The van der Waals surface area contributed by atoms with Crippen LogP contribution in [0, 0.1) is 5.82 Å². The molecule has 0 bridgehead atoms. The maximum Gasteiger partial charge on any atom is 0.280 e. The number of benzene rings is 1. The minimum Gasteiger partial charge on any atom is -0.376 e. The molecular weight excluding hydrogens is 301 g/mol. The van der Waals surface area contributed by atoms with Crippen LogP contribution in [0.3, 0.4) is 0 Å². The van der Waals surface area contributed by atoms with Gasteiger partial charge in [0, 0.05) is 5.56 Å². The van der Waals surface area contributed by atoms with Crippen molar-refractivity contribution in [3.63, 3.8) is 0 Å². The van der Waals surface area contributed by atoms with Crippen molar-refractivity contribution in [1.29, 1.82) is 0 Å². The van der Waals surface area contributed by atoms with Gasteiger partial charge in [0.25, 0.3) is 5.56 Å². The smallest absolute Gasteiger partial charge is 0.280 e. The summed E-state index contributed by atoms with van der Waals surface area (Å²) < 4.78 is 13.9. The summed E-state index contributed by atoms with van der Waals surface area (Å²) in [5, 5.41) is 9.03. The number of hydrogen-bond donors (Lipinski definition) is 2. The molecule has 2 aromatic rings. The maximum absolute atomic E-state index is 13.6. The quantitative estimate of drug-likeness (QED) is 0.916. The van der Waals surface area contributed by atoms with Crippen LogP contribution in [-0.2, 0) is 0 Å². The highest BCUT2D eigenvalue weighted by atomic mass is 79.9. The van der Waals surface area contributed by atoms with Gasteiger partial charge < -0.3 is 5.32 Å². The lowest BCUT2D eigenvalue weighted by atomic mass is 10.1. The van der Waals surface area contributed by atoms with Gasteiger partial charge in [0.05, 0.1) is 17.9 Å². The Hall–Kier alpha value is -1.69. The van der Waals surface area contributed by atoms with Crippen molar-refractivity contribution in [3.8, 4) is 0 Å². The summed E-state index contributed by atoms with van der Waals surface area (Å²) in [5.74, 6) is -0.286. The third-order valence-corrected chi connectivity index (χ3v) is 3.33. The molecule has 0 aliphatic carbocycles. The molecule has 1 atom stereocenters. The van der Waals surface area contributed by atoms with E-state index in [9.17, 15) is 9.18 Å². The SMILES string of the molecule is CC(Nc1cn[nH]c(=O)c1Br)c1ccccc1F. The summed E-state index contributed by atoms with van der Waals surface area (Å²) in [4.78, 5) is 11.3. The Bertz CT molecular complexity index is 614. The second kappa shape index (κ2) is 5.30. The molecule has 1 heterocycles. The fourth-order valence-electron chi connectivity index (χ4n) is 1.62. The van der Waals surface area contributed by atoms with Crippen LogP contribution >= 0.6 is 15.9 Å². The number of hydrogen-bond acceptors (Lipinski definition) is 3. The van der Waals surface area contributed by atoms with Gasteiger partial charge in [-0.05, 0) is 28.9 Å². The summed E-state index contributed by atoms with van der Waals surface area (Å²) in [6.07, 6.45) is 1.48. The van der Waals surface area contributed by atoms with Crippen LogP contribution in [0.15, 0.2) is 39.7 Å². The zero-order chi connectivity index (χ0) is 13.1. The zero-order valence-corrected chi connectivity index (χ0v) is 11.2. The lowest BCUT2D eigenvalue weighted by Crippen LogP contribution is -2.15. The topological polar surface area (TPSA) is 57.8 Å². The monoisotopic (exact) mass is 311 g/mol. The van der Waals surface area contributed by atoms with Gasteiger partial charge in [-0.25, -0.2) is 9.49 Å². The van der Waals surface area contributed by atoms with E-state index in [1.54, 1.807) is 18.2 Å². The normalized spacial score (nSPS) is 12.2. The molecule has 0 amide bonds. The molecule has 2 rings (SSSR count). The van der Waals surface area contributed by atoms with Crippen LogP contribution in [0.5, 0.6) is 0 Å². The maximum atomic E-state index is 13.6. The van der Waals surface area contributed by atoms with Crippen LogP contribution in [-0.4, -0.2) is 10.2 Å². The number of anilines is 1. The Kier molecular flexibility index (Phi) is 3.76. The summed E-state index contributed by atoms with van der Waals surface area (Å²) in [6, 6.07) is 6.23. The van der Waals surface area contributed by atoms with Gasteiger partial charge in [0.1, 0.15) is 10.3 Å². The van der Waals surface area contributed by atoms with E-state index >= 15 is 0 Å². The van der Waals surface area contributed by atoms with Crippen molar-refractivity contribution in [1.82, 2.24) is 10.2 Å². The summed E-state index contributed by atoms with van der Waals surface area (Å²) >= 11 is 3.16. The number of rotatable bonds is 3. The first-order valence-corrected chi connectivity index (χ1v) is 6.13. The second-order valence-electron chi connectivity index (χ2n) is 3.81. The predicted molar refractivity (Wildman–Crippen MR) is 71.0 cm³/mol. The first kappa shape index (κ1) is 12.8. The Morgan fingerprint density at radius 3 is 2.89 bits per heavy atom. The molecule has 2 N–H and O–H groups in total. The molecule has 4 nitrogen and oxygen atoms in total. The number of nitrogens with one attached hydrogen (secondary N) is 2. The zero-order valence-electron chi connectivity index (χ0n) is 9.58. The summed E-state index contributed by atoms with van der Waals surface area (Å²) in [5.41, 5.74) is 0.722. The third kappa shape index (κ3) is 2.59. The van der Waals surface area contributed by atoms with E-state index in [1.165, 1.54) is 12.3 Å². The highest BCUT2D eigenvalue weighted by Gasteiger charge is 2.12. The Morgan fingerprint density at radius 1 is 1.44 bits per heavy atom. The minimum absolute atomic E-state index is 0.272. The van der Waals surface area contributed by atoms with Crippen molar-refractivity contribution in [3.05, 3.63) is 56.7 Å². The fraction of sp³-hybridized carbons (Fsp3) is 0.167. The van der Waals surface area contributed by atoms with Crippen molar-refractivity contribution in [2.45, 2.75) is 13.0 Å². The molecule has 0 spiro atoms. The largest absolute Gasteiger partial charge is 0.376 e. The average molecular weight is 312 g/mol. The minimum atomic E-state index is -0.333. The van der Waals surface area contributed by atoms with E-state index in [1.807, 2.05) is 6.92 Å². The number of H-pyrrole nitrogens is 1. The van der Waals surface area contributed by atoms with Crippen LogP contribution < -0.4 is 10.9 Å². The van der Waals surface area contributed by atoms with Crippen LogP contribution in [0.2, 0.25) is 0 Å².